The summed E-state index contributed by atoms with van der Waals surface area (Å²) in [5.74, 6) is 58.0. The highest BCUT2D eigenvalue weighted by Crippen LogP contribution is 2.43. The Labute approximate surface area is 345 Å². The van der Waals surface area contributed by atoms with E-state index in [-0.39, 0.29) is 6.42 Å². The van der Waals surface area contributed by atoms with Gasteiger partial charge in [-0.25, -0.2) is 4.57 Å². The van der Waals surface area contributed by atoms with Gasteiger partial charge in [0.2, 0.25) is 0 Å². The van der Waals surface area contributed by atoms with Crippen molar-refractivity contribution in [3.63, 3.8) is 0 Å². The van der Waals surface area contributed by atoms with Crippen molar-refractivity contribution in [2.75, 3.05) is 19.8 Å². The van der Waals surface area contributed by atoms with Gasteiger partial charge in [0, 0.05) is 41.4 Å². The summed E-state index contributed by atoms with van der Waals surface area (Å²) in [7, 11) is -4.77. The molecule has 0 aromatic heterocycles. The van der Waals surface area contributed by atoms with Crippen LogP contribution < -0.4 is 5.32 Å². The molecule has 11 heteroatoms. The maximum atomic E-state index is 12.5. The first-order chi connectivity index (χ1) is 28.2. The van der Waals surface area contributed by atoms with E-state index in [1.165, 1.54) is 44.9 Å². The summed E-state index contributed by atoms with van der Waals surface area (Å²) < 4.78 is 21.8. The predicted octanol–water partition coefficient (Wildman–Crippen LogP) is 2.83. The Balaban J connectivity index is 5.11. The summed E-state index contributed by atoms with van der Waals surface area (Å²) in [5.41, 5.74) is 0. The van der Waals surface area contributed by atoms with Gasteiger partial charge in [0.25, 0.3) is 5.91 Å². The lowest BCUT2D eigenvalue weighted by molar-refractivity contribution is -0.118. The maximum absolute atomic E-state index is 12.5. The Morgan fingerprint density at radius 1 is 0.569 bits per heavy atom. The number of unbranched alkanes of at least 4 members (excludes halogenated alkanes) is 11. The van der Waals surface area contributed by atoms with Crippen LogP contribution in [0.4, 0.5) is 0 Å². The fourth-order valence-electron chi connectivity index (χ4n) is 4.28. The van der Waals surface area contributed by atoms with Crippen molar-refractivity contribution in [3.05, 3.63) is 0 Å². The molecule has 0 unspecified atom stereocenters. The average Bonchev–Trinajstić information content (AvgIpc) is 3.21. The lowest BCUT2D eigenvalue weighted by Crippen LogP contribution is -2.50. The molecular weight excluding hydrogens is 753 g/mol. The SMILES string of the molecule is CC#CC#CC#CC#CC#CC#CC#CC#CC#CC#CC#CC#CC(=O)N[C@@H](CO[P@@](=O)(O)OC[C@H](O)CO)[C@H](O)[C@H](O)CCCCCCCCCCCCCC. The van der Waals surface area contributed by atoms with Gasteiger partial charge in [0.15, 0.2) is 0 Å². The summed E-state index contributed by atoms with van der Waals surface area (Å²) in [6, 6.07) is -1.38. The number of rotatable bonds is 23. The van der Waals surface area contributed by atoms with E-state index in [2.05, 4.69) is 159 Å². The van der Waals surface area contributed by atoms with Gasteiger partial charge in [0.1, 0.15) is 12.2 Å². The van der Waals surface area contributed by atoms with Crippen LogP contribution in [0.2, 0.25) is 0 Å². The molecular formula is C47H48NO9P. The quantitative estimate of drug-likeness (QED) is 0.0518. The van der Waals surface area contributed by atoms with Gasteiger partial charge >= 0.3 is 7.82 Å². The molecule has 0 fully saturated rings. The van der Waals surface area contributed by atoms with Crippen LogP contribution in [0.15, 0.2) is 0 Å². The average molecular weight is 802 g/mol. The van der Waals surface area contributed by atoms with Crippen LogP contribution in [0.25, 0.3) is 0 Å². The van der Waals surface area contributed by atoms with Gasteiger partial charge in [-0.1, -0.05) is 89.9 Å². The molecule has 0 saturated heterocycles. The van der Waals surface area contributed by atoms with Crippen molar-refractivity contribution >= 4 is 13.7 Å². The molecule has 6 N–H and O–H groups in total. The zero-order valence-corrected chi connectivity index (χ0v) is 33.8. The number of carbonyl (C=O) groups is 1. The number of aliphatic hydroxyl groups is 4. The van der Waals surface area contributed by atoms with Crippen molar-refractivity contribution in [1.29, 1.82) is 0 Å². The molecule has 0 bridgehead atoms. The van der Waals surface area contributed by atoms with Gasteiger partial charge in [0.05, 0.1) is 32.0 Å². The summed E-state index contributed by atoms with van der Waals surface area (Å²) in [5, 5.41) is 42.1. The van der Waals surface area contributed by atoms with Gasteiger partial charge < -0.3 is 30.6 Å². The summed E-state index contributed by atoms with van der Waals surface area (Å²) in [4.78, 5) is 22.5. The van der Waals surface area contributed by atoms with Crippen molar-refractivity contribution in [3.8, 4) is 142 Å². The first-order valence-electron chi connectivity index (χ1n) is 18.7. The van der Waals surface area contributed by atoms with E-state index in [1.54, 1.807) is 6.92 Å². The second kappa shape index (κ2) is 38.0. The molecule has 300 valence electrons. The second-order valence-corrected chi connectivity index (χ2v) is 13.3. The van der Waals surface area contributed by atoms with E-state index in [9.17, 15) is 29.6 Å². The van der Waals surface area contributed by atoms with E-state index in [0.717, 1.165) is 25.7 Å². The Hall–Kier alpha value is -5.86. The largest absolute Gasteiger partial charge is 0.472 e. The summed E-state index contributed by atoms with van der Waals surface area (Å²) >= 11 is 0. The Kier molecular flexibility index (Phi) is 34.2. The summed E-state index contributed by atoms with van der Waals surface area (Å²) in [6.07, 6.45) is 9.42. The molecule has 0 rings (SSSR count). The predicted molar refractivity (Wildman–Crippen MR) is 223 cm³/mol. The third-order valence-electron chi connectivity index (χ3n) is 7.15. The fraction of sp³-hybridized carbons (Fsp3) is 0.468. The molecule has 0 saturated carbocycles. The molecule has 58 heavy (non-hydrogen) atoms. The monoisotopic (exact) mass is 801 g/mol. The van der Waals surface area contributed by atoms with E-state index >= 15 is 0 Å². The third kappa shape index (κ3) is 34.6. The van der Waals surface area contributed by atoms with Crippen LogP contribution in [0, 0.1) is 142 Å². The van der Waals surface area contributed by atoms with Crippen molar-refractivity contribution in [2.45, 2.75) is 122 Å². The molecule has 0 aliphatic heterocycles. The van der Waals surface area contributed by atoms with E-state index in [0.29, 0.717) is 6.42 Å². The molecule has 10 nitrogen and oxygen atoms in total. The minimum atomic E-state index is -4.77. The van der Waals surface area contributed by atoms with Crippen LogP contribution in [-0.2, 0) is 18.4 Å². The van der Waals surface area contributed by atoms with Crippen LogP contribution in [0.5, 0.6) is 0 Å². The Morgan fingerprint density at radius 3 is 1.33 bits per heavy atom. The topological polar surface area (TPSA) is 166 Å². The van der Waals surface area contributed by atoms with Crippen LogP contribution >= 0.6 is 7.82 Å². The van der Waals surface area contributed by atoms with E-state index in [4.69, 9.17) is 9.63 Å². The zero-order chi connectivity index (χ0) is 42.8. The molecule has 5 atom stereocenters. The number of hydrogen-bond donors (Lipinski definition) is 6. The molecule has 0 aromatic rings. The second-order valence-electron chi connectivity index (χ2n) is 11.8. The number of nitrogens with one attached hydrogen (secondary N) is 1. The standard InChI is InChI=1S/C47H48NO9P/c1-3-5-7-9-11-13-15-17-18-19-20-21-22-23-24-25-26-27-29-31-33-35-37-39-46(52)48-44(42-57-58(54,55)56-41-43(50)40-49)47(53)45(51)38-36-34-32-30-28-16-14-12-10-8-6-4-2/h43-45,47,49-51,53H,4,6,8,10,12,14,16,28,30,32,34,36,38,40-42H2,1-2H3,(H,48,52)(H,54,55)/t43-,44+,45-,47+/m1/s1. The lowest BCUT2D eigenvalue weighted by atomic mass is 9.99. The van der Waals surface area contributed by atoms with E-state index < -0.39 is 57.9 Å². The highest BCUT2D eigenvalue weighted by Gasteiger charge is 2.31. The van der Waals surface area contributed by atoms with Crippen LogP contribution in [0.3, 0.4) is 0 Å². The van der Waals surface area contributed by atoms with Crippen molar-refractivity contribution < 1.29 is 43.7 Å². The first kappa shape index (κ1) is 52.1. The number of hydrogen-bond acceptors (Lipinski definition) is 8. The number of aliphatic hydroxyl groups excluding tert-OH is 4. The number of amides is 1. The smallest absolute Gasteiger partial charge is 0.394 e. The first-order valence-corrected chi connectivity index (χ1v) is 20.2. The fourth-order valence-corrected chi connectivity index (χ4v) is 5.07. The summed E-state index contributed by atoms with van der Waals surface area (Å²) in [6.45, 7) is 1.70. The van der Waals surface area contributed by atoms with Crippen molar-refractivity contribution in [1.82, 2.24) is 5.32 Å². The molecule has 0 aliphatic carbocycles. The molecule has 0 radical (unpaired) electrons. The van der Waals surface area contributed by atoms with E-state index in [1.807, 2.05) is 0 Å². The van der Waals surface area contributed by atoms with Crippen molar-refractivity contribution in [2.24, 2.45) is 0 Å². The highest BCUT2D eigenvalue weighted by molar-refractivity contribution is 7.47. The normalized spacial score (nSPS) is 11.6. The number of carbonyl (C=O) groups excluding carboxylic acids is 1. The minimum absolute atomic E-state index is 0.213. The van der Waals surface area contributed by atoms with Gasteiger partial charge in [-0.05, 0) is 108 Å². The van der Waals surface area contributed by atoms with Gasteiger partial charge in [-0.3, -0.25) is 13.8 Å². The number of phosphoric ester groups is 1. The number of phosphoric acid groups is 1. The molecule has 0 heterocycles. The molecule has 0 aliphatic rings. The lowest BCUT2D eigenvalue weighted by Gasteiger charge is -2.27. The third-order valence-corrected chi connectivity index (χ3v) is 8.10. The zero-order valence-electron chi connectivity index (χ0n) is 32.9. The Morgan fingerprint density at radius 2 is 0.931 bits per heavy atom. The molecule has 0 spiro atoms. The maximum Gasteiger partial charge on any atom is 0.472 e. The Bertz CT molecular complexity index is 2120. The minimum Gasteiger partial charge on any atom is -0.394 e. The van der Waals surface area contributed by atoms with Gasteiger partial charge in [-0.15, -0.1) is 0 Å². The van der Waals surface area contributed by atoms with Crippen LogP contribution in [-0.4, -0.2) is 75.4 Å². The van der Waals surface area contributed by atoms with Gasteiger partial charge in [-0.2, -0.15) is 0 Å². The highest BCUT2D eigenvalue weighted by atomic mass is 31.2. The molecule has 1 amide bonds. The van der Waals surface area contributed by atoms with Crippen LogP contribution in [0.1, 0.15) is 97.3 Å². The molecule has 0 aromatic carbocycles.